The predicted molar refractivity (Wildman–Crippen MR) is 593 cm³/mol. The lowest BCUT2D eigenvalue weighted by Gasteiger charge is -2.39. The van der Waals surface area contributed by atoms with Crippen LogP contribution in [0.1, 0.15) is 152 Å². The van der Waals surface area contributed by atoms with Gasteiger partial charge in [0.25, 0.3) is 0 Å². The highest BCUT2D eigenvalue weighted by molar-refractivity contribution is 7.98. The second kappa shape index (κ2) is 62.1. The summed E-state index contributed by atoms with van der Waals surface area (Å²) in [4.78, 5) is 57.2. The topological polar surface area (TPSA) is 112 Å². The van der Waals surface area contributed by atoms with E-state index in [4.69, 9.17) is 24.8 Å². The number of quaternary nitrogens is 1. The smallest absolute Gasteiger partial charge is 0.373 e. The fourth-order valence-corrected chi connectivity index (χ4v) is 27.0. The first kappa shape index (κ1) is 114. The molecule has 1 saturated carbocycles. The van der Waals surface area contributed by atoms with Crippen molar-refractivity contribution in [2.75, 3.05) is 115 Å². The molecular weight excluding hydrogens is 1890 g/mol. The molecule has 12 nitrogen and oxygen atoms in total. The number of nitrogens with two attached hydrogens (primary N) is 1. The largest absolute Gasteiger partial charge is 1.00 e. The van der Waals surface area contributed by atoms with Gasteiger partial charge < -0.3 is 61.2 Å². The molecule has 6 fully saturated rings. The summed E-state index contributed by atoms with van der Waals surface area (Å²) in [6, 6.07) is 134. The van der Waals surface area contributed by atoms with Crippen LogP contribution in [0, 0.1) is 13.8 Å². The Bertz CT molecular complexity index is 5230. The Morgan fingerprint density at radius 3 is 0.838 bits per heavy atom. The second-order valence-electron chi connectivity index (χ2n) is 39.4. The number of hydrogen-bond donors (Lipinski definition) is 1. The molecule has 17 heteroatoms. The number of piperidine rings is 4. The number of nitrogens with zero attached hydrogens (tertiary/aromatic N) is 6. The van der Waals surface area contributed by atoms with Gasteiger partial charge in [-0.3, -0.25) is 4.79 Å². The number of hydrogen-bond acceptors (Lipinski definition) is 11. The number of halogens is 1. The minimum absolute atomic E-state index is 0. The van der Waals surface area contributed by atoms with E-state index < -0.39 is 11.6 Å². The average molecular weight is 2050 g/mol. The third-order valence-corrected chi connectivity index (χ3v) is 35.5. The molecule has 1 aliphatic carbocycles. The number of benzene rings is 13. The molecular formula is C125H158BrN7O5S4+4. The SMILES string of the molecule is CN1CCC(N2CCCC2)CC1.CN1CCC(N2CCCCC2)CC1.CN1CCC([N+](C)(C)C)CC1.COc1ccc(CC(N)C(=O)OC(C)(C)C)cc1.Cc1ccc([S+](c2ccccc2)c2ccccc2)cc1.Cc1ccc([S+](c2ccccc2)c2ccccc2)cc1.O=C=O.[Br-].c1ccc([S+](c2ccccc2)c2ccc(C3CCCCC3)cc2)cc1.c1ccc([S+](c2ccccc2)c2ccccc2)cc1. The van der Waals surface area contributed by atoms with Gasteiger partial charge in [0.2, 0.25) is 0 Å². The van der Waals surface area contributed by atoms with E-state index in [1.165, 1.54) is 244 Å². The van der Waals surface area contributed by atoms with Crippen molar-refractivity contribution < 1.29 is 45.3 Å². The van der Waals surface area contributed by atoms with Crippen LogP contribution in [0.3, 0.4) is 0 Å². The Kier molecular flexibility index (Phi) is 49.8. The minimum atomic E-state index is -0.641. The molecule has 13 aromatic rings. The number of esters is 1. The highest BCUT2D eigenvalue weighted by Crippen LogP contribution is 2.39. The number of carbonyl (C=O) groups is 1. The van der Waals surface area contributed by atoms with Crippen molar-refractivity contribution in [2.45, 2.75) is 238 Å². The van der Waals surface area contributed by atoms with Crippen molar-refractivity contribution in [2.24, 2.45) is 5.73 Å². The van der Waals surface area contributed by atoms with E-state index in [1.54, 1.807) is 7.11 Å². The average Bonchev–Trinajstić information content (AvgIpc) is 0.847. The van der Waals surface area contributed by atoms with Gasteiger partial charge in [0.1, 0.15) is 17.4 Å². The summed E-state index contributed by atoms with van der Waals surface area (Å²) in [5, 5.41) is 0. The maximum Gasteiger partial charge on any atom is 0.373 e. The Morgan fingerprint density at radius 2 is 0.585 bits per heavy atom. The summed E-state index contributed by atoms with van der Waals surface area (Å²) >= 11 is 0. The van der Waals surface area contributed by atoms with Crippen molar-refractivity contribution in [3.05, 3.63) is 392 Å². The minimum Gasteiger partial charge on any atom is -1.00 e. The molecule has 1 unspecified atom stereocenters. The van der Waals surface area contributed by atoms with E-state index in [1.807, 2.05) is 45.0 Å². The van der Waals surface area contributed by atoms with Crippen LogP contribution < -0.4 is 27.5 Å². The molecule has 0 radical (unpaired) electrons. The van der Waals surface area contributed by atoms with Crippen LogP contribution in [0.4, 0.5) is 0 Å². The monoisotopic (exact) mass is 2040 g/mol. The lowest BCUT2D eigenvalue weighted by molar-refractivity contribution is -0.897. The van der Waals surface area contributed by atoms with E-state index in [-0.39, 0.29) is 72.7 Å². The first-order valence-electron chi connectivity index (χ1n) is 51.1. The van der Waals surface area contributed by atoms with Gasteiger partial charge in [0, 0.05) is 38.0 Å². The van der Waals surface area contributed by atoms with Gasteiger partial charge in [-0.15, -0.1) is 0 Å². The fraction of sp³-hybridized carbons (Fsp3) is 0.360. The second-order valence-corrected chi connectivity index (χ2v) is 47.5. The molecule has 5 aliphatic heterocycles. The highest BCUT2D eigenvalue weighted by atomic mass is 79.9. The molecule has 2 N–H and O–H groups in total. The standard InChI is InChI=1S/C24H25S.2C19H17S.C18H15S.C14H21NO3.C11H22N2.C10H20N2.C9H21N2.CO2.BrH/c1-4-10-20(11-5-1)21-16-18-24(19-17-21)25(22-12-6-2-7-13-22)23-14-8-3-9-15-23;2*1-16-12-14-19(15-13-16)20(17-8-4-2-5-9-17)18-10-6-3-7-11-18;1-4-10-16(11-5-1)19(17-12-6-2-7-13-17)18-14-8-3-9-15-18;1-14(2,3)18-13(16)12(15)9-10-5-7-11(17-4)8-6-10;1-12-9-5-11(6-10-12)13-7-3-2-4-8-13;1-11-8-4-10(5-9-11)12-6-2-3-7-12;1-10-7-5-9(6-8-10)11(2,3)4;2-1-3;/h2-3,6-9,12-20H,1,4-5,10-11H2;2*2-15H,1H3;1-15H;5-8,12H,9,15H2,1-4H3;11H,2-10H2,1H3;10H,2-9H2,1H3;9H,5-8H2,1-4H3;;1H/q4*+1;;;;+1;;/p-1. The van der Waals surface area contributed by atoms with Crippen LogP contribution in [0.5, 0.6) is 5.75 Å². The van der Waals surface area contributed by atoms with E-state index in [0.29, 0.717) is 6.42 Å². The number of ether oxygens (including phenoxy) is 2. The summed E-state index contributed by atoms with van der Waals surface area (Å²) in [6.45, 7) is 23.0. The summed E-state index contributed by atoms with van der Waals surface area (Å²) in [5.74, 6) is 1.18. The highest BCUT2D eigenvalue weighted by Gasteiger charge is 2.35. The number of rotatable bonds is 20. The third-order valence-electron chi connectivity index (χ3n) is 26.6. The van der Waals surface area contributed by atoms with E-state index in [2.05, 4.69) is 426 Å². The summed E-state index contributed by atoms with van der Waals surface area (Å²) in [7, 11) is 15.1. The van der Waals surface area contributed by atoms with Gasteiger partial charge in [-0.1, -0.05) is 249 Å². The quantitative estimate of drug-likeness (QED) is 0.0447. The Balaban J connectivity index is 0.000000168. The normalized spacial score (nSPS) is 15.9. The van der Waals surface area contributed by atoms with Crippen LogP contribution in [0.2, 0.25) is 0 Å². The summed E-state index contributed by atoms with van der Waals surface area (Å²) in [6.07, 6.45) is 23.2. The molecule has 19 rings (SSSR count). The first-order chi connectivity index (χ1) is 68.5. The van der Waals surface area contributed by atoms with Crippen LogP contribution in [0.25, 0.3) is 0 Å². The first-order valence-corrected chi connectivity index (χ1v) is 56.0. The van der Waals surface area contributed by atoms with Crippen molar-refractivity contribution in [1.29, 1.82) is 0 Å². The molecule has 0 bridgehead atoms. The number of carbonyl (C=O) groups excluding carboxylic acids is 3. The van der Waals surface area contributed by atoms with Gasteiger partial charge in [0.15, 0.2) is 58.7 Å². The van der Waals surface area contributed by atoms with Gasteiger partial charge in [-0.2, -0.15) is 9.59 Å². The van der Waals surface area contributed by atoms with E-state index in [0.717, 1.165) is 39.8 Å². The fourth-order valence-electron chi connectivity index (χ4n) is 18.7. The molecule has 13 aromatic carbocycles. The summed E-state index contributed by atoms with van der Waals surface area (Å²) < 4.78 is 11.4. The summed E-state index contributed by atoms with van der Waals surface area (Å²) in [5.41, 5.74) is 10.4. The van der Waals surface area contributed by atoms with Crippen molar-refractivity contribution in [3.63, 3.8) is 0 Å². The molecule has 0 aromatic heterocycles. The van der Waals surface area contributed by atoms with Gasteiger partial charge >= 0.3 is 12.1 Å². The van der Waals surface area contributed by atoms with Crippen molar-refractivity contribution >= 4 is 55.7 Å². The van der Waals surface area contributed by atoms with Crippen LogP contribution in [0.15, 0.2) is 429 Å². The van der Waals surface area contributed by atoms with Crippen molar-refractivity contribution in [3.8, 4) is 5.75 Å². The predicted octanol–water partition coefficient (Wildman–Crippen LogP) is 23.6. The molecule has 142 heavy (non-hydrogen) atoms. The Morgan fingerprint density at radius 1 is 0.345 bits per heavy atom. The van der Waals surface area contributed by atoms with Crippen LogP contribution in [-0.4, -0.2) is 186 Å². The van der Waals surface area contributed by atoms with E-state index >= 15 is 0 Å². The zero-order chi connectivity index (χ0) is 99.8. The molecule has 750 valence electrons. The number of methoxy groups -OCH3 is 1. The molecule has 5 heterocycles. The van der Waals surface area contributed by atoms with Gasteiger partial charge in [-0.25, -0.2) is 0 Å². The molecule has 0 spiro atoms. The molecule has 6 aliphatic rings. The zero-order valence-corrected chi connectivity index (χ0v) is 91.4. The maximum atomic E-state index is 11.7. The lowest BCUT2D eigenvalue weighted by Crippen LogP contribution is -3.00. The van der Waals surface area contributed by atoms with E-state index in [9.17, 15) is 4.79 Å². The maximum absolute atomic E-state index is 11.7. The number of likely N-dealkylation sites (tertiary alicyclic amines) is 5. The molecule has 5 saturated heterocycles. The lowest BCUT2D eigenvalue weighted by atomic mass is 9.84. The Labute approximate surface area is 875 Å². The third kappa shape index (κ3) is 38.9. The Hall–Kier alpha value is -9.89. The zero-order valence-electron chi connectivity index (χ0n) is 86.5. The molecule has 1 atom stereocenters. The molecule has 0 amide bonds. The number of aryl methyl sites for hydroxylation is 2. The van der Waals surface area contributed by atoms with Crippen LogP contribution >= 0.6 is 0 Å². The van der Waals surface area contributed by atoms with Crippen molar-refractivity contribution in [1.82, 2.24) is 24.5 Å². The van der Waals surface area contributed by atoms with Gasteiger partial charge in [0.05, 0.1) is 77.9 Å². The van der Waals surface area contributed by atoms with Gasteiger partial charge in [-0.05, 0) is 354 Å². The van der Waals surface area contributed by atoms with Crippen LogP contribution in [-0.2, 0) is 69.1 Å².